The van der Waals surface area contributed by atoms with Gasteiger partial charge in [-0.1, -0.05) is 11.6 Å². The van der Waals surface area contributed by atoms with Crippen molar-refractivity contribution in [3.8, 4) is 0 Å². The lowest BCUT2D eigenvalue weighted by Crippen LogP contribution is -2.45. The zero-order valence-corrected chi connectivity index (χ0v) is 12.5. The molecule has 0 radical (unpaired) electrons. The first kappa shape index (κ1) is 13.8. The maximum absolute atomic E-state index is 11.7. The number of aryl methyl sites for hydroxylation is 1. The summed E-state index contributed by atoms with van der Waals surface area (Å²) in [5.74, 6) is 0.0391. The van der Waals surface area contributed by atoms with Crippen molar-refractivity contribution in [2.24, 2.45) is 0 Å². The highest BCUT2D eigenvalue weighted by atomic mass is 35.5. The third-order valence-corrected chi connectivity index (χ3v) is 4.21. The van der Waals surface area contributed by atoms with E-state index in [-0.39, 0.29) is 17.5 Å². The molecule has 1 heterocycles. The van der Waals surface area contributed by atoms with Gasteiger partial charge in [-0.25, -0.2) is 0 Å². The Morgan fingerprint density at radius 3 is 2.94 bits per heavy atom. The molecule has 2 rings (SSSR count). The van der Waals surface area contributed by atoms with Gasteiger partial charge in [-0.15, -0.1) is 11.3 Å². The van der Waals surface area contributed by atoms with Crippen LogP contribution in [0.3, 0.4) is 0 Å². The number of rotatable bonds is 3. The molecular formula is C13H19ClN2OS. The summed E-state index contributed by atoms with van der Waals surface area (Å²) in [6, 6.07) is 2.29. The summed E-state index contributed by atoms with van der Waals surface area (Å²) in [5.41, 5.74) is 1.10. The van der Waals surface area contributed by atoms with E-state index in [1.807, 2.05) is 26.8 Å². The number of thiophene rings is 1. The van der Waals surface area contributed by atoms with Crippen LogP contribution in [0.4, 0.5) is 0 Å². The smallest absolute Gasteiger partial charge is 0.234 e. The molecule has 1 aromatic heterocycles. The fourth-order valence-corrected chi connectivity index (χ4v) is 3.58. The molecule has 1 aromatic rings. The van der Waals surface area contributed by atoms with Crippen LogP contribution in [-0.2, 0) is 11.2 Å². The highest BCUT2D eigenvalue weighted by Crippen LogP contribution is 2.39. The van der Waals surface area contributed by atoms with Crippen LogP contribution in [0.15, 0.2) is 6.07 Å². The van der Waals surface area contributed by atoms with E-state index < -0.39 is 0 Å². The molecule has 0 aromatic carbocycles. The minimum atomic E-state index is -0.175. The largest absolute Gasteiger partial charge is 0.350 e. The number of nitrogens with one attached hydrogen (secondary N) is 2. The molecule has 1 unspecified atom stereocenters. The summed E-state index contributed by atoms with van der Waals surface area (Å²) in [6.45, 7) is 6.31. The van der Waals surface area contributed by atoms with Crippen LogP contribution in [0.1, 0.15) is 43.7 Å². The minimum absolute atomic E-state index is 0.0391. The zero-order valence-electron chi connectivity index (χ0n) is 11.0. The van der Waals surface area contributed by atoms with Crippen LogP contribution in [0.5, 0.6) is 0 Å². The quantitative estimate of drug-likeness (QED) is 0.897. The second-order valence-corrected chi connectivity index (χ2v) is 7.47. The number of carbonyl (C=O) groups is 1. The van der Waals surface area contributed by atoms with Crippen molar-refractivity contribution < 1.29 is 4.79 Å². The number of carbonyl (C=O) groups excluding carboxylic acids is 1. The molecule has 5 heteroatoms. The van der Waals surface area contributed by atoms with E-state index >= 15 is 0 Å². The van der Waals surface area contributed by atoms with Gasteiger partial charge < -0.3 is 10.6 Å². The third-order valence-electron chi connectivity index (χ3n) is 2.87. The van der Waals surface area contributed by atoms with Crippen LogP contribution in [0.2, 0.25) is 4.34 Å². The molecule has 0 aliphatic heterocycles. The average molecular weight is 287 g/mol. The second kappa shape index (κ2) is 5.19. The fraction of sp³-hybridized carbons (Fsp3) is 0.615. The molecule has 1 atom stereocenters. The Hall–Kier alpha value is -0.580. The van der Waals surface area contributed by atoms with Crippen molar-refractivity contribution in [2.75, 3.05) is 6.54 Å². The molecule has 1 aliphatic rings. The molecule has 0 fully saturated rings. The third kappa shape index (κ3) is 3.46. The Kier molecular flexibility index (Phi) is 3.99. The molecule has 0 spiro atoms. The summed E-state index contributed by atoms with van der Waals surface area (Å²) in [5, 5.41) is 6.26. The Bertz CT molecular complexity index is 450. The molecule has 1 aliphatic carbocycles. The first-order chi connectivity index (χ1) is 8.35. The minimum Gasteiger partial charge on any atom is -0.350 e. The first-order valence-corrected chi connectivity index (χ1v) is 7.37. The van der Waals surface area contributed by atoms with E-state index in [1.54, 1.807) is 11.3 Å². The van der Waals surface area contributed by atoms with Gasteiger partial charge in [-0.05, 0) is 45.2 Å². The van der Waals surface area contributed by atoms with Gasteiger partial charge in [0.15, 0.2) is 0 Å². The van der Waals surface area contributed by atoms with E-state index in [0.717, 1.165) is 17.2 Å². The molecule has 100 valence electrons. The number of hydrogen-bond acceptors (Lipinski definition) is 3. The van der Waals surface area contributed by atoms with Gasteiger partial charge in [0.2, 0.25) is 5.91 Å². The lowest BCUT2D eigenvalue weighted by atomic mass is 10.1. The van der Waals surface area contributed by atoms with Gasteiger partial charge in [0.1, 0.15) is 0 Å². The molecule has 3 nitrogen and oxygen atoms in total. The van der Waals surface area contributed by atoms with E-state index in [4.69, 9.17) is 11.6 Å². The predicted octanol–water partition coefficient (Wildman–Crippen LogP) is 2.89. The molecule has 0 saturated carbocycles. The molecule has 0 bridgehead atoms. The van der Waals surface area contributed by atoms with Crippen LogP contribution >= 0.6 is 22.9 Å². The Labute approximate surface area is 117 Å². The molecule has 18 heavy (non-hydrogen) atoms. The normalized spacial score (nSPS) is 18.8. The van der Waals surface area contributed by atoms with Gasteiger partial charge in [-0.3, -0.25) is 4.79 Å². The van der Waals surface area contributed by atoms with Crippen LogP contribution < -0.4 is 10.6 Å². The SMILES string of the molecule is CC(C)(C)NC(=O)CNC1CCc2sc(Cl)cc21. The maximum Gasteiger partial charge on any atom is 0.234 e. The molecule has 0 saturated heterocycles. The summed E-state index contributed by atoms with van der Waals surface area (Å²) >= 11 is 7.65. The fourth-order valence-electron chi connectivity index (χ4n) is 2.22. The predicted molar refractivity (Wildman–Crippen MR) is 76.3 cm³/mol. The van der Waals surface area contributed by atoms with Crippen molar-refractivity contribution in [1.29, 1.82) is 0 Å². The molecule has 1 amide bonds. The summed E-state index contributed by atoms with van der Waals surface area (Å²) in [6.07, 6.45) is 2.12. The number of hydrogen-bond donors (Lipinski definition) is 2. The van der Waals surface area contributed by atoms with Gasteiger partial charge in [0, 0.05) is 16.5 Å². The molecular weight excluding hydrogens is 268 g/mol. The highest BCUT2D eigenvalue weighted by Gasteiger charge is 2.25. The maximum atomic E-state index is 11.7. The second-order valence-electron chi connectivity index (χ2n) is 5.70. The van der Waals surface area contributed by atoms with Crippen LogP contribution in [0.25, 0.3) is 0 Å². The monoisotopic (exact) mass is 286 g/mol. The summed E-state index contributed by atoms with van der Waals surface area (Å²) < 4.78 is 0.839. The van der Waals surface area contributed by atoms with Crippen molar-refractivity contribution in [1.82, 2.24) is 10.6 Å². The highest BCUT2D eigenvalue weighted by molar-refractivity contribution is 7.16. The van der Waals surface area contributed by atoms with Gasteiger partial charge in [0.25, 0.3) is 0 Å². The summed E-state index contributed by atoms with van der Waals surface area (Å²) in [4.78, 5) is 13.1. The van der Waals surface area contributed by atoms with E-state index in [1.165, 1.54) is 10.4 Å². The number of fused-ring (bicyclic) bond motifs is 1. The number of halogens is 1. The van der Waals surface area contributed by atoms with Gasteiger partial charge >= 0.3 is 0 Å². The van der Waals surface area contributed by atoms with Crippen LogP contribution in [-0.4, -0.2) is 18.0 Å². The summed E-state index contributed by atoms with van der Waals surface area (Å²) in [7, 11) is 0. The van der Waals surface area contributed by atoms with Gasteiger partial charge in [0.05, 0.1) is 10.9 Å². The number of amides is 1. The first-order valence-electron chi connectivity index (χ1n) is 6.17. The Morgan fingerprint density at radius 1 is 1.56 bits per heavy atom. The van der Waals surface area contributed by atoms with E-state index in [0.29, 0.717) is 6.54 Å². The van der Waals surface area contributed by atoms with Crippen molar-refractivity contribution >= 4 is 28.8 Å². The van der Waals surface area contributed by atoms with E-state index in [2.05, 4.69) is 10.6 Å². The van der Waals surface area contributed by atoms with Crippen molar-refractivity contribution in [3.63, 3.8) is 0 Å². The average Bonchev–Trinajstić information content (AvgIpc) is 2.71. The Morgan fingerprint density at radius 2 is 2.28 bits per heavy atom. The lowest BCUT2D eigenvalue weighted by Gasteiger charge is -2.21. The topological polar surface area (TPSA) is 41.1 Å². The Balaban J connectivity index is 1.87. The lowest BCUT2D eigenvalue weighted by molar-refractivity contribution is -0.121. The zero-order chi connectivity index (χ0) is 13.3. The van der Waals surface area contributed by atoms with Crippen molar-refractivity contribution in [2.45, 2.75) is 45.2 Å². The standard InChI is InChI=1S/C13H19ClN2OS/c1-13(2,3)16-12(17)7-15-9-4-5-10-8(9)6-11(14)18-10/h6,9,15H,4-5,7H2,1-3H3,(H,16,17). The van der Waals surface area contributed by atoms with Gasteiger partial charge in [-0.2, -0.15) is 0 Å². The molecule has 2 N–H and O–H groups in total. The van der Waals surface area contributed by atoms with Crippen LogP contribution in [0, 0.1) is 0 Å². The van der Waals surface area contributed by atoms with Crippen molar-refractivity contribution in [3.05, 3.63) is 20.8 Å². The van der Waals surface area contributed by atoms with E-state index in [9.17, 15) is 4.79 Å².